The summed E-state index contributed by atoms with van der Waals surface area (Å²) in [6.45, 7) is 8.97. The highest BCUT2D eigenvalue weighted by atomic mass is 32.2. The molecule has 3 aromatic carbocycles. The van der Waals surface area contributed by atoms with E-state index < -0.39 is 10.0 Å². The number of oxime groups is 1. The first-order chi connectivity index (χ1) is 17.6. The molecule has 0 spiro atoms. The third-order valence-corrected chi connectivity index (χ3v) is 10.9. The van der Waals surface area contributed by atoms with Gasteiger partial charge in [-0.05, 0) is 85.4 Å². The van der Waals surface area contributed by atoms with Crippen LogP contribution < -0.4 is 0 Å². The lowest BCUT2D eigenvalue weighted by Gasteiger charge is -2.54. The summed E-state index contributed by atoms with van der Waals surface area (Å²) in [5.74, 6) is 0.428. The maximum absolute atomic E-state index is 14.0. The average Bonchev–Trinajstić information content (AvgIpc) is 3.19. The summed E-state index contributed by atoms with van der Waals surface area (Å²) < 4.78 is 29.6. The number of nitrogens with zero attached hydrogens (tertiary/aromatic N) is 2. The van der Waals surface area contributed by atoms with Crippen molar-refractivity contribution in [1.29, 1.82) is 0 Å². The summed E-state index contributed by atoms with van der Waals surface area (Å²) in [7, 11) is -2.15. The van der Waals surface area contributed by atoms with Crippen LogP contribution >= 0.6 is 0 Å². The molecule has 0 saturated heterocycles. The lowest BCUT2D eigenvalue weighted by atomic mass is 9.49. The Labute approximate surface area is 219 Å². The monoisotopic (exact) mass is 514 g/mol. The van der Waals surface area contributed by atoms with Crippen LogP contribution in [0.1, 0.15) is 56.7 Å². The highest BCUT2D eigenvalue weighted by Gasteiger charge is 2.53. The maximum atomic E-state index is 14.0. The van der Waals surface area contributed by atoms with Crippen molar-refractivity contribution in [2.24, 2.45) is 16.5 Å². The zero-order valence-corrected chi connectivity index (χ0v) is 23.0. The van der Waals surface area contributed by atoms with Crippen LogP contribution in [0.5, 0.6) is 0 Å². The molecule has 0 amide bonds. The number of rotatable bonds is 3. The number of para-hydroxylation sites is 1. The van der Waals surface area contributed by atoms with Crippen molar-refractivity contribution in [3.63, 3.8) is 0 Å². The molecule has 0 N–H and O–H groups in total. The van der Waals surface area contributed by atoms with Gasteiger partial charge in [0.1, 0.15) is 7.11 Å². The predicted octanol–water partition coefficient (Wildman–Crippen LogP) is 6.98. The van der Waals surface area contributed by atoms with E-state index in [1.165, 1.54) is 11.1 Å². The first kappa shape index (κ1) is 24.2. The fraction of sp³-hybridized carbons (Fsp3) is 0.387. The first-order valence-corrected chi connectivity index (χ1v) is 14.5. The Morgan fingerprint density at radius 3 is 2.41 bits per heavy atom. The molecule has 1 unspecified atom stereocenters. The number of hydrogen-bond donors (Lipinski definition) is 0. The minimum absolute atomic E-state index is 0.0168. The molecule has 4 aromatic rings. The molecule has 192 valence electrons. The van der Waals surface area contributed by atoms with Crippen LogP contribution in [0.2, 0.25) is 0 Å². The summed E-state index contributed by atoms with van der Waals surface area (Å²) in [5.41, 5.74) is 6.19. The fourth-order valence-electron chi connectivity index (χ4n) is 7.28. The van der Waals surface area contributed by atoms with Crippen LogP contribution in [0.4, 0.5) is 0 Å². The molecule has 6 heteroatoms. The third kappa shape index (κ3) is 3.41. The molecule has 0 aliphatic heterocycles. The molecule has 2 atom stereocenters. The Balaban J connectivity index is 1.60. The average molecular weight is 515 g/mol. The van der Waals surface area contributed by atoms with Gasteiger partial charge in [0, 0.05) is 16.2 Å². The Morgan fingerprint density at radius 2 is 1.68 bits per heavy atom. The van der Waals surface area contributed by atoms with E-state index in [-0.39, 0.29) is 10.8 Å². The topological polar surface area (TPSA) is 60.7 Å². The Kier molecular flexibility index (Phi) is 5.36. The minimum atomic E-state index is -3.78. The number of aromatic nitrogens is 1. The predicted molar refractivity (Wildman–Crippen MR) is 150 cm³/mol. The van der Waals surface area contributed by atoms with E-state index in [1.54, 1.807) is 23.2 Å². The van der Waals surface area contributed by atoms with E-state index in [0.717, 1.165) is 58.8 Å². The van der Waals surface area contributed by atoms with Crippen molar-refractivity contribution in [3.8, 4) is 0 Å². The lowest BCUT2D eigenvalue weighted by Crippen LogP contribution is -2.52. The summed E-state index contributed by atoms with van der Waals surface area (Å²) in [6.07, 6.45) is 3.86. The molecule has 1 fully saturated rings. The Hall–Kier alpha value is -3.12. The smallest absolute Gasteiger partial charge is 0.268 e. The first-order valence-electron chi connectivity index (χ1n) is 13.1. The van der Waals surface area contributed by atoms with E-state index in [2.05, 4.69) is 38.1 Å². The molecule has 6 rings (SSSR count). The van der Waals surface area contributed by atoms with Crippen molar-refractivity contribution in [3.05, 3.63) is 77.4 Å². The number of hydrogen-bond acceptors (Lipinski definition) is 4. The summed E-state index contributed by atoms with van der Waals surface area (Å²) in [6, 6.07) is 19.5. The number of aryl methyl sites for hydroxylation is 2. The highest BCUT2D eigenvalue weighted by Crippen LogP contribution is 2.57. The van der Waals surface area contributed by atoms with E-state index in [1.807, 2.05) is 43.3 Å². The Morgan fingerprint density at radius 1 is 0.946 bits per heavy atom. The van der Waals surface area contributed by atoms with Crippen LogP contribution in [0, 0.1) is 18.3 Å². The van der Waals surface area contributed by atoms with Gasteiger partial charge < -0.3 is 4.84 Å². The van der Waals surface area contributed by atoms with Crippen molar-refractivity contribution in [2.75, 3.05) is 7.11 Å². The van der Waals surface area contributed by atoms with Gasteiger partial charge in [-0.25, -0.2) is 12.4 Å². The van der Waals surface area contributed by atoms with Gasteiger partial charge in [0.2, 0.25) is 0 Å². The number of benzene rings is 3. The van der Waals surface area contributed by atoms with Crippen LogP contribution in [-0.4, -0.2) is 25.2 Å². The van der Waals surface area contributed by atoms with Gasteiger partial charge in [-0.15, -0.1) is 0 Å². The molecule has 37 heavy (non-hydrogen) atoms. The summed E-state index contributed by atoms with van der Waals surface area (Å²) in [5, 5.41) is 6.39. The zero-order valence-electron chi connectivity index (χ0n) is 22.2. The van der Waals surface area contributed by atoms with Crippen molar-refractivity contribution >= 4 is 37.5 Å². The fourth-order valence-corrected chi connectivity index (χ4v) is 8.80. The molecule has 1 aromatic heterocycles. The van der Waals surface area contributed by atoms with Crippen LogP contribution in [0.3, 0.4) is 0 Å². The third-order valence-electron chi connectivity index (χ3n) is 9.20. The van der Waals surface area contributed by atoms with Crippen molar-refractivity contribution < 1.29 is 13.3 Å². The van der Waals surface area contributed by atoms with Crippen LogP contribution in [0.15, 0.2) is 70.7 Å². The van der Waals surface area contributed by atoms with E-state index in [0.29, 0.717) is 10.8 Å². The van der Waals surface area contributed by atoms with Gasteiger partial charge in [0.15, 0.2) is 0 Å². The summed E-state index contributed by atoms with van der Waals surface area (Å²) >= 11 is 0. The van der Waals surface area contributed by atoms with Crippen molar-refractivity contribution in [1.82, 2.24) is 3.97 Å². The SMILES string of the molecule is CO/N=C1\CCC2(C)c3cc4c5ccccc5n(S(=O)(=O)c5ccc(C)cc5)c4cc3CC[C@H]2C1(C)C. The van der Waals surface area contributed by atoms with Gasteiger partial charge in [0.05, 0.1) is 21.6 Å². The minimum Gasteiger partial charge on any atom is -0.399 e. The largest absolute Gasteiger partial charge is 0.399 e. The molecular formula is C31H34N2O3S. The molecule has 0 radical (unpaired) electrons. The standard InChI is InChI=1S/C31H34N2O3S/c1-20-10-13-22(14-11-20)37(34,35)33-26-9-7-6-8-23(26)24-19-25-21(18-27(24)33)12-15-28-30(2,3)29(32-36-5)16-17-31(25,28)4/h6-11,13-14,18-19,28H,12,15-17H2,1-5H3/b32-29+/t28-,31?/m0/s1. The second-order valence-corrected chi connectivity index (χ2v) is 13.4. The lowest BCUT2D eigenvalue weighted by molar-refractivity contribution is 0.112. The molecule has 0 bridgehead atoms. The normalized spacial score (nSPS) is 24.2. The quantitative estimate of drug-likeness (QED) is 0.277. The molecule has 1 saturated carbocycles. The molecule has 2 aliphatic carbocycles. The van der Waals surface area contributed by atoms with Crippen LogP contribution in [0.25, 0.3) is 21.8 Å². The van der Waals surface area contributed by atoms with Crippen molar-refractivity contribution in [2.45, 2.75) is 63.7 Å². The van der Waals surface area contributed by atoms with Gasteiger partial charge in [-0.3, -0.25) is 0 Å². The molecule has 5 nitrogen and oxygen atoms in total. The van der Waals surface area contributed by atoms with Gasteiger partial charge in [-0.1, -0.05) is 61.8 Å². The molecule has 1 heterocycles. The number of fused-ring (bicyclic) bond motifs is 6. The molecule has 2 aliphatic rings. The van der Waals surface area contributed by atoms with E-state index in [4.69, 9.17) is 4.84 Å². The summed E-state index contributed by atoms with van der Waals surface area (Å²) in [4.78, 5) is 5.52. The highest BCUT2D eigenvalue weighted by molar-refractivity contribution is 7.90. The maximum Gasteiger partial charge on any atom is 0.268 e. The van der Waals surface area contributed by atoms with E-state index >= 15 is 0 Å². The van der Waals surface area contributed by atoms with Crippen LogP contribution in [-0.2, 0) is 26.7 Å². The van der Waals surface area contributed by atoms with Gasteiger partial charge in [-0.2, -0.15) is 0 Å². The zero-order chi connectivity index (χ0) is 26.2. The Bertz CT molecular complexity index is 1680. The second kappa shape index (κ2) is 8.19. The van der Waals surface area contributed by atoms with Gasteiger partial charge >= 0.3 is 0 Å². The van der Waals surface area contributed by atoms with E-state index in [9.17, 15) is 8.42 Å². The van der Waals surface area contributed by atoms with Gasteiger partial charge in [0.25, 0.3) is 10.0 Å². The molecular weight excluding hydrogens is 480 g/mol. The second-order valence-electron chi connectivity index (χ2n) is 11.6.